The van der Waals surface area contributed by atoms with Gasteiger partial charge in [-0.05, 0) is 32.3 Å². The number of benzene rings is 1. The fourth-order valence-electron chi connectivity index (χ4n) is 2.69. The molecule has 0 spiro atoms. The Balaban J connectivity index is 1.85. The number of aryl methyl sites for hydroxylation is 1. The highest BCUT2D eigenvalue weighted by Crippen LogP contribution is 2.14. The Hall–Kier alpha value is -1.40. The average Bonchev–Trinajstić information content (AvgIpc) is 2.47. The molecule has 122 valence electrons. The summed E-state index contributed by atoms with van der Waals surface area (Å²) in [5, 5.41) is 0. The second-order valence-corrected chi connectivity index (χ2v) is 7.88. The molecule has 0 saturated carbocycles. The Bertz CT molecular complexity index is 620. The van der Waals surface area contributed by atoms with Gasteiger partial charge >= 0.3 is 0 Å². The maximum Gasteiger partial charge on any atom is 0.226 e. The van der Waals surface area contributed by atoms with Crippen LogP contribution in [-0.2, 0) is 21.2 Å². The molecule has 1 aliphatic heterocycles. The molecule has 6 heteroatoms. The second-order valence-electron chi connectivity index (χ2n) is 5.84. The maximum atomic E-state index is 12.3. The molecule has 0 aromatic heterocycles. The molecule has 0 bridgehead atoms. The third-order valence-corrected chi connectivity index (χ3v) is 5.46. The molecule has 1 fully saturated rings. The van der Waals surface area contributed by atoms with E-state index < -0.39 is 10.0 Å². The van der Waals surface area contributed by atoms with Crippen molar-refractivity contribution in [3.63, 3.8) is 0 Å². The van der Waals surface area contributed by atoms with E-state index in [0.717, 1.165) is 11.1 Å². The van der Waals surface area contributed by atoms with E-state index >= 15 is 0 Å². The van der Waals surface area contributed by atoms with Crippen LogP contribution in [0.1, 0.15) is 30.9 Å². The standard InChI is InChI=1S/C16H24N2O3S/c1-3-22(20,21)17-15-7-9-18(10-8-15)16(19)12-14-6-4-5-13(2)11-14/h4-6,11,15,17H,3,7-10,12H2,1-2H3. The third-order valence-electron chi connectivity index (χ3n) is 4.01. The topological polar surface area (TPSA) is 66.5 Å². The Morgan fingerprint density at radius 2 is 2.00 bits per heavy atom. The molecule has 1 amide bonds. The number of nitrogens with zero attached hydrogens (tertiary/aromatic N) is 1. The van der Waals surface area contributed by atoms with Crippen molar-refractivity contribution < 1.29 is 13.2 Å². The summed E-state index contributed by atoms with van der Waals surface area (Å²) in [5.74, 6) is 0.210. The number of sulfonamides is 1. The minimum atomic E-state index is -3.16. The van der Waals surface area contributed by atoms with Crippen LogP contribution in [-0.4, -0.2) is 44.1 Å². The van der Waals surface area contributed by atoms with Crippen molar-refractivity contribution in [3.05, 3.63) is 35.4 Å². The Kier molecular flexibility index (Phi) is 5.58. The van der Waals surface area contributed by atoms with Crippen molar-refractivity contribution in [2.24, 2.45) is 0 Å². The van der Waals surface area contributed by atoms with Crippen molar-refractivity contribution in [2.45, 2.75) is 39.2 Å². The molecule has 2 rings (SSSR count). The van der Waals surface area contributed by atoms with Crippen molar-refractivity contribution in [1.82, 2.24) is 9.62 Å². The van der Waals surface area contributed by atoms with Gasteiger partial charge in [-0.3, -0.25) is 4.79 Å². The van der Waals surface area contributed by atoms with Crippen molar-refractivity contribution >= 4 is 15.9 Å². The summed E-state index contributed by atoms with van der Waals surface area (Å²) >= 11 is 0. The largest absolute Gasteiger partial charge is 0.342 e. The molecule has 1 aliphatic rings. The van der Waals surface area contributed by atoms with Gasteiger partial charge in [-0.25, -0.2) is 13.1 Å². The molecule has 0 radical (unpaired) electrons. The van der Waals surface area contributed by atoms with Crippen molar-refractivity contribution in [2.75, 3.05) is 18.8 Å². The number of hydrogen-bond donors (Lipinski definition) is 1. The SMILES string of the molecule is CCS(=O)(=O)NC1CCN(C(=O)Cc2cccc(C)c2)CC1. The lowest BCUT2D eigenvalue weighted by molar-refractivity contribution is -0.131. The van der Waals surface area contributed by atoms with Crippen molar-refractivity contribution in [3.8, 4) is 0 Å². The van der Waals surface area contributed by atoms with Crippen LogP contribution in [0.4, 0.5) is 0 Å². The number of carbonyl (C=O) groups is 1. The Labute approximate surface area is 132 Å². The smallest absolute Gasteiger partial charge is 0.226 e. The predicted octanol–water partition coefficient (Wildman–Crippen LogP) is 1.47. The lowest BCUT2D eigenvalue weighted by Crippen LogP contribution is -2.47. The lowest BCUT2D eigenvalue weighted by Gasteiger charge is -2.32. The van der Waals surface area contributed by atoms with E-state index in [1.807, 2.05) is 36.1 Å². The first-order valence-electron chi connectivity index (χ1n) is 7.73. The highest BCUT2D eigenvalue weighted by atomic mass is 32.2. The van der Waals surface area contributed by atoms with Crippen LogP contribution in [0.15, 0.2) is 24.3 Å². The number of nitrogens with one attached hydrogen (secondary N) is 1. The summed E-state index contributed by atoms with van der Waals surface area (Å²) in [4.78, 5) is 14.1. The van der Waals surface area contributed by atoms with E-state index in [0.29, 0.717) is 32.4 Å². The van der Waals surface area contributed by atoms with Crippen LogP contribution in [0.25, 0.3) is 0 Å². The Morgan fingerprint density at radius 3 is 2.59 bits per heavy atom. The fraction of sp³-hybridized carbons (Fsp3) is 0.562. The zero-order chi connectivity index (χ0) is 16.2. The molecule has 0 aliphatic carbocycles. The van der Waals surface area contributed by atoms with E-state index in [-0.39, 0.29) is 17.7 Å². The molecule has 1 N–H and O–H groups in total. The number of amides is 1. The van der Waals surface area contributed by atoms with Gasteiger partial charge in [0, 0.05) is 19.1 Å². The molecule has 1 heterocycles. The van der Waals surface area contributed by atoms with Gasteiger partial charge in [-0.1, -0.05) is 29.8 Å². The molecular formula is C16H24N2O3S. The molecule has 1 aromatic rings. The van der Waals surface area contributed by atoms with Gasteiger partial charge in [0.2, 0.25) is 15.9 Å². The molecule has 1 aromatic carbocycles. The summed E-state index contributed by atoms with van der Waals surface area (Å²) in [6, 6.07) is 7.92. The summed E-state index contributed by atoms with van der Waals surface area (Å²) < 4.78 is 25.8. The van der Waals surface area contributed by atoms with Crippen LogP contribution in [0.2, 0.25) is 0 Å². The maximum absolute atomic E-state index is 12.3. The van der Waals surface area contributed by atoms with Gasteiger partial charge < -0.3 is 4.90 Å². The number of hydrogen-bond acceptors (Lipinski definition) is 3. The monoisotopic (exact) mass is 324 g/mol. The quantitative estimate of drug-likeness (QED) is 0.892. The van der Waals surface area contributed by atoms with E-state index in [1.165, 1.54) is 0 Å². The first-order chi connectivity index (χ1) is 10.4. The molecule has 0 atom stereocenters. The highest BCUT2D eigenvalue weighted by Gasteiger charge is 2.25. The van der Waals surface area contributed by atoms with Crippen LogP contribution in [0.3, 0.4) is 0 Å². The van der Waals surface area contributed by atoms with Crippen LogP contribution in [0.5, 0.6) is 0 Å². The summed E-state index contributed by atoms with van der Waals surface area (Å²) in [7, 11) is -3.16. The first kappa shape index (κ1) is 17.0. The second kappa shape index (κ2) is 7.24. The number of carbonyl (C=O) groups excluding carboxylic acids is 1. The fourth-order valence-corrected chi connectivity index (χ4v) is 3.60. The molecule has 22 heavy (non-hydrogen) atoms. The minimum Gasteiger partial charge on any atom is -0.342 e. The summed E-state index contributed by atoms with van der Waals surface area (Å²) in [5.41, 5.74) is 2.18. The molecule has 1 saturated heterocycles. The van der Waals surface area contributed by atoms with Crippen LogP contribution in [0, 0.1) is 6.92 Å². The molecule has 5 nitrogen and oxygen atoms in total. The van der Waals surface area contributed by atoms with Gasteiger partial charge in [0.25, 0.3) is 0 Å². The van der Waals surface area contributed by atoms with Gasteiger partial charge in [-0.2, -0.15) is 0 Å². The van der Waals surface area contributed by atoms with Gasteiger partial charge in [0.05, 0.1) is 12.2 Å². The van der Waals surface area contributed by atoms with Gasteiger partial charge in [0.1, 0.15) is 0 Å². The number of piperidine rings is 1. The summed E-state index contributed by atoms with van der Waals surface area (Å²) in [6.07, 6.45) is 1.77. The first-order valence-corrected chi connectivity index (χ1v) is 9.38. The lowest BCUT2D eigenvalue weighted by atomic mass is 10.0. The highest BCUT2D eigenvalue weighted by molar-refractivity contribution is 7.89. The Morgan fingerprint density at radius 1 is 1.32 bits per heavy atom. The molecule has 0 unspecified atom stereocenters. The van der Waals surface area contributed by atoms with E-state index in [4.69, 9.17) is 0 Å². The molecular weight excluding hydrogens is 300 g/mol. The van der Waals surface area contributed by atoms with Crippen LogP contribution < -0.4 is 4.72 Å². The normalized spacial score (nSPS) is 16.7. The minimum absolute atomic E-state index is 0.0482. The predicted molar refractivity (Wildman–Crippen MR) is 87.1 cm³/mol. The number of rotatable bonds is 5. The van der Waals surface area contributed by atoms with Crippen LogP contribution >= 0.6 is 0 Å². The van der Waals surface area contributed by atoms with Crippen molar-refractivity contribution in [1.29, 1.82) is 0 Å². The van der Waals surface area contributed by atoms with E-state index in [2.05, 4.69) is 4.72 Å². The number of likely N-dealkylation sites (tertiary alicyclic amines) is 1. The zero-order valence-electron chi connectivity index (χ0n) is 13.2. The zero-order valence-corrected chi connectivity index (χ0v) is 14.0. The van der Waals surface area contributed by atoms with E-state index in [9.17, 15) is 13.2 Å². The van der Waals surface area contributed by atoms with E-state index in [1.54, 1.807) is 6.92 Å². The summed E-state index contributed by atoms with van der Waals surface area (Å²) in [6.45, 7) is 4.87. The third kappa shape index (κ3) is 4.81. The van der Waals surface area contributed by atoms with Gasteiger partial charge in [-0.15, -0.1) is 0 Å². The van der Waals surface area contributed by atoms with Gasteiger partial charge in [0.15, 0.2) is 0 Å². The average molecular weight is 324 g/mol.